The topological polar surface area (TPSA) is 86.6 Å². The van der Waals surface area contributed by atoms with Gasteiger partial charge in [0.25, 0.3) is 5.91 Å². The van der Waals surface area contributed by atoms with Gasteiger partial charge in [-0.3, -0.25) is 4.79 Å². The monoisotopic (exact) mass is 594 g/mol. The first-order valence-corrected chi connectivity index (χ1v) is 13.8. The summed E-state index contributed by atoms with van der Waals surface area (Å²) in [6.07, 6.45) is 3.42. The number of para-hydroxylation sites is 1. The molecule has 2 fully saturated rings. The maximum absolute atomic E-state index is 12.4. The molecule has 0 saturated carbocycles. The third-order valence-electron chi connectivity index (χ3n) is 6.77. The van der Waals surface area contributed by atoms with Gasteiger partial charge in [0.1, 0.15) is 18.5 Å². The summed E-state index contributed by atoms with van der Waals surface area (Å²) in [5, 5.41) is 14.5. The Morgan fingerprint density at radius 1 is 1.03 bits per heavy atom. The van der Waals surface area contributed by atoms with Crippen molar-refractivity contribution in [2.24, 2.45) is 4.99 Å². The lowest BCUT2D eigenvalue weighted by molar-refractivity contribution is -0.113. The maximum atomic E-state index is 12.4. The molecule has 3 heterocycles. The van der Waals surface area contributed by atoms with Gasteiger partial charge in [-0.2, -0.15) is 4.99 Å². The molecule has 0 aliphatic carbocycles. The molecule has 39 heavy (non-hydrogen) atoms. The normalized spacial score (nSPS) is 19.8. The lowest BCUT2D eigenvalue weighted by Crippen LogP contribution is -2.45. The van der Waals surface area contributed by atoms with Crippen LogP contribution in [0.15, 0.2) is 64.5 Å². The van der Waals surface area contributed by atoms with Crippen LogP contribution in [0.2, 0.25) is 0 Å². The van der Waals surface area contributed by atoms with Crippen molar-refractivity contribution in [3.8, 4) is 5.75 Å². The number of nitrogens with zero attached hydrogens (tertiary/aromatic N) is 3. The van der Waals surface area contributed by atoms with Crippen LogP contribution in [0, 0.1) is 0 Å². The summed E-state index contributed by atoms with van der Waals surface area (Å²) in [7, 11) is 0. The number of nitrogens with one attached hydrogen (secondary N) is 1. The number of amides is 1. The van der Waals surface area contributed by atoms with Gasteiger partial charge < -0.3 is 29.7 Å². The first-order chi connectivity index (χ1) is 18.1. The molecule has 5 rings (SSSR count). The van der Waals surface area contributed by atoms with Crippen molar-refractivity contribution < 1.29 is 19.4 Å². The van der Waals surface area contributed by atoms with Gasteiger partial charge in [-0.25, -0.2) is 0 Å². The number of hydrogen-bond donors (Lipinski definition) is 2. The second-order valence-corrected chi connectivity index (χ2v) is 10.5. The van der Waals surface area contributed by atoms with E-state index in [1.165, 1.54) is 17.4 Å². The van der Waals surface area contributed by atoms with Gasteiger partial charge in [0, 0.05) is 44.5 Å². The van der Waals surface area contributed by atoms with E-state index in [1.807, 2.05) is 36.4 Å². The number of thioether (sulfide) groups is 1. The fourth-order valence-electron chi connectivity index (χ4n) is 4.63. The van der Waals surface area contributed by atoms with Crippen LogP contribution < -0.4 is 15.0 Å². The number of rotatable bonds is 8. The van der Waals surface area contributed by atoms with Crippen LogP contribution in [0.3, 0.4) is 0 Å². The summed E-state index contributed by atoms with van der Waals surface area (Å²) in [4.78, 5) is 21.8. The average Bonchev–Trinajstić information content (AvgIpc) is 3.32. The van der Waals surface area contributed by atoms with E-state index >= 15 is 0 Å². The Bertz CT molecular complexity index is 1110. The number of anilines is 1. The molecule has 212 valence electrons. The molecular weight excluding hydrogens is 559 g/mol. The minimum absolute atomic E-state index is 0. The molecule has 2 aromatic carbocycles. The van der Waals surface area contributed by atoms with Crippen molar-refractivity contribution in [1.82, 2.24) is 10.2 Å². The number of aliphatic hydroxyl groups is 1. The number of hydrogen-bond acceptors (Lipinski definition) is 8. The van der Waals surface area contributed by atoms with Crippen molar-refractivity contribution in [1.29, 1.82) is 0 Å². The van der Waals surface area contributed by atoms with E-state index < -0.39 is 6.10 Å². The second kappa shape index (κ2) is 15.5. The van der Waals surface area contributed by atoms with Crippen molar-refractivity contribution in [3.05, 3.63) is 65.1 Å². The number of amidine groups is 1. The molecule has 0 unspecified atom stereocenters. The fourth-order valence-corrected chi connectivity index (χ4v) is 5.60. The Hall–Kier alpha value is -2.27. The fraction of sp³-hybridized carbons (Fsp3) is 0.429. The van der Waals surface area contributed by atoms with E-state index in [4.69, 9.17) is 9.47 Å². The van der Waals surface area contributed by atoms with Crippen LogP contribution in [0.4, 0.5) is 5.69 Å². The molecule has 2 aromatic rings. The summed E-state index contributed by atoms with van der Waals surface area (Å²) in [5.41, 5.74) is 2.19. The molecule has 0 spiro atoms. The molecule has 2 saturated heterocycles. The summed E-state index contributed by atoms with van der Waals surface area (Å²) < 4.78 is 11.0. The summed E-state index contributed by atoms with van der Waals surface area (Å²) in [6.45, 7) is 5.62. The van der Waals surface area contributed by atoms with Crippen molar-refractivity contribution in [2.75, 3.05) is 57.4 Å². The minimum atomic E-state index is -0.542. The number of piperidine rings is 1. The number of benzene rings is 2. The van der Waals surface area contributed by atoms with E-state index in [1.54, 1.807) is 0 Å². The van der Waals surface area contributed by atoms with Crippen molar-refractivity contribution in [3.63, 3.8) is 0 Å². The minimum Gasteiger partial charge on any atom is -0.491 e. The number of ether oxygens (including phenoxy) is 2. The lowest BCUT2D eigenvalue weighted by atomic mass is 10.0. The summed E-state index contributed by atoms with van der Waals surface area (Å²) in [5.74, 6) is 0.610. The van der Waals surface area contributed by atoms with Gasteiger partial charge in [0.05, 0.1) is 18.1 Å². The molecule has 11 heteroatoms. The molecule has 0 aromatic heterocycles. The number of carbonyl (C=O) groups is 1. The zero-order valence-corrected chi connectivity index (χ0v) is 24.2. The zero-order valence-electron chi connectivity index (χ0n) is 21.7. The van der Waals surface area contributed by atoms with E-state index in [0.29, 0.717) is 30.7 Å². The molecule has 2 N–H and O–H groups in total. The molecule has 8 nitrogen and oxygen atoms in total. The Balaban J connectivity index is 0.00000210. The third-order valence-corrected chi connectivity index (χ3v) is 7.81. The predicted molar refractivity (Wildman–Crippen MR) is 163 cm³/mol. The van der Waals surface area contributed by atoms with Crippen LogP contribution in [0.5, 0.6) is 5.75 Å². The van der Waals surface area contributed by atoms with Gasteiger partial charge in [-0.15, -0.1) is 24.8 Å². The standard InChI is InChI=1S/C28H34N4O4S.2ClH/c33-24(20-36-25-4-2-1-3-5-25)19-29-22-10-12-31(13-11-22)23-8-6-21(7-9-23)18-26-27(34)30-28(37-26)32-14-16-35-17-15-32;;/h1-9,18,22,24,29,33H,10-17,19-20H2;2*1H/t24-;;/m0../s1. The van der Waals surface area contributed by atoms with Gasteiger partial charge in [0.15, 0.2) is 5.17 Å². The highest BCUT2D eigenvalue weighted by atomic mass is 35.5. The van der Waals surface area contributed by atoms with Crippen LogP contribution in [-0.2, 0) is 9.53 Å². The predicted octanol–water partition coefficient (Wildman–Crippen LogP) is 3.83. The van der Waals surface area contributed by atoms with Crippen molar-refractivity contribution >= 4 is 59.4 Å². The van der Waals surface area contributed by atoms with E-state index in [9.17, 15) is 9.90 Å². The Kier molecular flexibility index (Phi) is 12.4. The first kappa shape index (κ1) is 31.3. The van der Waals surface area contributed by atoms with E-state index in [0.717, 1.165) is 55.5 Å². The Morgan fingerprint density at radius 2 is 1.72 bits per heavy atom. The molecular formula is C28H36Cl2N4O4S. The van der Waals surface area contributed by atoms with Gasteiger partial charge >= 0.3 is 0 Å². The molecule has 0 radical (unpaired) electrons. The average molecular weight is 596 g/mol. The van der Waals surface area contributed by atoms with Crippen LogP contribution in [0.25, 0.3) is 6.08 Å². The number of aliphatic imine (C=N–C) groups is 1. The van der Waals surface area contributed by atoms with Gasteiger partial charge in [0.2, 0.25) is 0 Å². The van der Waals surface area contributed by atoms with Gasteiger partial charge in [-0.05, 0) is 60.5 Å². The highest BCUT2D eigenvalue weighted by Crippen LogP contribution is 2.31. The number of halogens is 2. The quantitative estimate of drug-likeness (QED) is 0.446. The van der Waals surface area contributed by atoms with E-state index in [2.05, 4.69) is 44.4 Å². The van der Waals surface area contributed by atoms with Crippen LogP contribution in [0.1, 0.15) is 18.4 Å². The summed E-state index contributed by atoms with van der Waals surface area (Å²) >= 11 is 1.45. The summed E-state index contributed by atoms with van der Waals surface area (Å²) in [6, 6.07) is 18.3. The van der Waals surface area contributed by atoms with Gasteiger partial charge in [-0.1, -0.05) is 30.3 Å². The molecule has 1 amide bonds. The van der Waals surface area contributed by atoms with Crippen molar-refractivity contribution in [2.45, 2.75) is 25.0 Å². The smallest absolute Gasteiger partial charge is 0.286 e. The molecule has 0 bridgehead atoms. The Labute approximate surface area is 246 Å². The number of morpholine rings is 1. The first-order valence-electron chi connectivity index (χ1n) is 12.9. The second-order valence-electron chi connectivity index (χ2n) is 9.45. The molecule has 1 atom stereocenters. The molecule has 3 aliphatic heterocycles. The van der Waals surface area contributed by atoms with Crippen LogP contribution in [-0.4, -0.2) is 85.8 Å². The maximum Gasteiger partial charge on any atom is 0.286 e. The molecule has 3 aliphatic rings. The Morgan fingerprint density at radius 3 is 2.41 bits per heavy atom. The largest absolute Gasteiger partial charge is 0.491 e. The van der Waals surface area contributed by atoms with E-state index in [-0.39, 0.29) is 37.3 Å². The number of carbonyl (C=O) groups excluding carboxylic acids is 1. The zero-order chi connectivity index (χ0) is 25.5. The highest BCUT2D eigenvalue weighted by molar-refractivity contribution is 8.18. The lowest BCUT2D eigenvalue weighted by Gasteiger charge is -2.34. The SMILES string of the molecule is Cl.Cl.O=C1N=C(N2CCOCC2)SC1=Cc1ccc(N2CCC(NC[C@H](O)COc3ccccc3)CC2)cc1. The highest BCUT2D eigenvalue weighted by Gasteiger charge is 2.27. The number of aliphatic hydroxyl groups excluding tert-OH is 1. The van der Waals surface area contributed by atoms with Crippen LogP contribution >= 0.6 is 36.6 Å². The third kappa shape index (κ3) is 8.86.